The second-order valence-electron chi connectivity index (χ2n) is 8.20. The maximum Gasteiger partial charge on any atom is 0.0541 e. The third kappa shape index (κ3) is 3.10. The fourth-order valence-corrected chi connectivity index (χ4v) is 4.78. The molecule has 0 spiro atoms. The van der Waals surface area contributed by atoms with Crippen LogP contribution in [0.25, 0.3) is 38.6 Å². The van der Waals surface area contributed by atoms with Crippen LogP contribution in [0.15, 0.2) is 121 Å². The van der Waals surface area contributed by atoms with Gasteiger partial charge < -0.3 is 4.57 Å². The van der Waals surface area contributed by atoms with Gasteiger partial charge in [0.05, 0.1) is 11.0 Å². The minimum absolute atomic E-state index is 0.466. The Hall–Kier alpha value is -3.84. The van der Waals surface area contributed by atoms with Crippen LogP contribution in [-0.2, 0) is 0 Å². The fourth-order valence-electron chi connectivity index (χ4n) is 4.78. The van der Waals surface area contributed by atoms with E-state index < -0.39 is 0 Å². The molecule has 0 bridgehead atoms. The average Bonchev–Trinajstić information content (AvgIpc) is 3.19. The van der Waals surface area contributed by atoms with Gasteiger partial charge in [-0.05, 0) is 53.4 Å². The van der Waals surface area contributed by atoms with Gasteiger partial charge in [0.2, 0.25) is 0 Å². The number of allylic oxidation sites excluding steroid dienone is 4. The highest BCUT2D eigenvalue weighted by molar-refractivity contribution is 6.10. The molecule has 1 aliphatic carbocycles. The van der Waals surface area contributed by atoms with Crippen LogP contribution >= 0.6 is 0 Å². The molecular weight excluding hydrogens is 374 g/mol. The zero-order valence-electron chi connectivity index (χ0n) is 17.3. The fraction of sp³-hybridized carbons (Fsp3) is 0.0667. The van der Waals surface area contributed by atoms with Crippen molar-refractivity contribution < 1.29 is 0 Å². The number of para-hydroxylation sites is 2. The molecule has 1 heterocycles. The number of benzene rings is 4. The Labute approximate surface area is 182 Å². The van der Waals surface area contributed by atoms with Crippen molar-refractivity contribution in [1.82, 2.24) is 4.57 Å². The molecule has 0 saturated carbocycles. The molecule has 1 aliphatic rings. The topological polar surface area (TPSA) is 4.93 Å². The standard InChI is InChI=1S/C30H23N/c1-3-10-22(11-4-1)23-12-9-13-24(20-23)25-18-19-30-28(21-25)27-16-7-8-17-29(27)31(30)26-14-5-2-6-15-26/h1-10,12-22H,11H2. The number of hydrogen-bond donors (Lipinski definition) is 0. The first-order valence-corrected chi connectivity index (χ1v) is 10.9. The average molecular weight is 398 g/mol. The Bertz CT molecular complexity index is 1450. The van der Waals surface area contributed by atoms with Crippen LogP contribution in [0.2, 0.25) is 0 Å². The SMILES string of the molecule is C1=CCC(c2cccc(-c3ccc4c(c3)c3ccccc3n4-c3ccccc3)c2)C=C1. The first kappa shape index (κ1) is 18.0. The molecule has 1 aromatic heterocycles. The van der Waals surface area contributed by atoms with Gasteiger partial charge in [0.25, 0.3) is 0 Å². The normalized spacial score (nSPS) is 15.7. The molecule has 4 aromatic carbocycles. The Kier molecular flexibility index (Phi) is 4.32. The van der Waals surface area contributed by atoms with Crippen molar-refractivity contribution in [3.8, 4) is 16.8 Å². The van der Waals surface area contributed by atoms with E-state index in [1.54, 1.807) is 0 Å². The summed E-state index contributed by atoms with van der Waals surface area (Å²) in [5.74, 6) is 0.466. The molecule has 31 heavy (non-hydrogen) atoms. The van der Waals surface area contributed by atoms with Gasteiger partial charge in [0, 0.05) is 22.4 Å². The summed E-state index contributed by atoms with van der Waals surface area (Å²) in [7, 11) is 0. The van der Waals surface area contributed by atoms with Crippen LogP contribution < -0.4 is 0 Å². The first-order chi connectivity index (χ1) is 15.4. The highest BCUT2D eigenvalue weighted by atomic mass is 15.0. The van der Waals surface area contributed by atoms with Gasteiger partial charge in [-0.15, -0.1) is 0 Å². The second-order valence-corrected chi connectivity index (χ2v) is 8.20. The number of hydrogen-bond acceptors (Lipinski definition) is 0. The maximum absolute atomic E-state index is 2.37. The van der Waals surface area contributed by atoms with Crippen molar-refractivity contribution in [1.29, 1.82) is 0 Å². The van der Waals surface area contributed by atoms with Crippen molar-refractivity contribution in [2.75, 3.05) is 0 Å². The molecule has 1 heteroatoms. The lowest BCUT2D eigenvalue weighted by Crippen LogP contribution is -1.96. The van der Waals surface area contributed by atoms with Gasteiger partial charge >= 0.3 is 0 Å². The molecule has 6 rings (SSSR count). The van der Waals surface area contributed by atoms with E-state index in [0.717, 1.165) is 6.42 Å². The van der Waals surface area contributed by atoms with Crippen LogP contribution in [0.5, 0.6) is 0 Å². The Morgan fingerprint density at radius 3 is 2.29 bits per heavy atom. The van der Waals surface area contributed by atoms with E-state index in [0.29, 0.717) is 5.92 Å². The van der Waals surface area contributed by atoms with Crippen LogP contribution in [0.1, 0.15) is 17.9 Å². The van der Waals surface area contributed by atoms with E-state index >= 15 is 0 Å². The lowest BCUT2D eigenvalue weighted by Gasteiger charge is -2.15. The minimum atomic E-state index is 0.466. The molecule has 148 valence electrons. The zero-order chi connectivity index (χ0) is 20.6. The molecule has 0 saturated heterocycles. The number of aromatic nitrogens is 1. The Morgan fingerprint density at radius 2 is 1.42 bits per heavy atom. The van der Waals surface area contributed by atoms with Crippen LogP contribution in [0.4, 0.5) is 0 Å². The van der Waals surface area contributed by atoms with Gasteiger partial charge in [0.15, 0.2) is 0 Å². The molecule has 0 fully saturated rings. The molecule has 1 nitrogen and oxygen atoms in total. The van der Waals surface area contributed by atoms with Crippen molar-refractivity contribution in [3.05, 3.63) is 127 Å². The third-order valence-electron chi connectivity index (χ3n) is 6.32. The molecule has 0 radical (unpaired) electrons. The molecule has 1 atom stereocenters. The number of fused-ring (bicyclic) bond motifs is 3. The smallest absolute Gasteiger partial charge is 0.0541 e. The van der Waals surface area contributed by atoms with E-state index in [1.807, 2.05) is 0 Å². The van der Waals surface area contributed by atoms with Crippen molar-refractivity contribution in [3.63, 3.8) is 0 Å². The minimum Gasteiger partial charge on any atom is -0.309 e. The Balaban J connectivity index is 1.52. The van der Waals surface area contributed by atoms with Gasteiger partial charge in [-0.1, -0.05) is 91.0 Å². The zero-order valence-corrected chi connectivity index (χ0v) is 17.3. The van der Waals surface area contributed by atoms with Gasteiger partial charge in [0.1, 0.15) is 0 Å². The molecule has 0 N–H and O–H groups in total. The summed E-state index contributed by atoms with van der Waals surface area (Å²) in [5.41, 5.74) is 7.60. The molecule has 5 aromatic rings. The van der Waals surface area contributed by atoms with E-state index in [9.17, 15) is 0 Å². The monoisotopic (exact) mass is 397 g/mol. The third-order valence-corrected chi connectivity index (χ3v) is 6.32. The predicted molar refractivity (Wildman–Crippen MR) is 132 cm³/mol. The van der Waals surface area contributed by atoms with Gasteiger partial charge in [-0.25, -0.2) is 0 Å². The van der Waals surface area contributed by atoms with Crippen molar-refractivity contribution in [2.45, 2.75) is 12.3 Å². The first-order valence-electron chi connectivity index (χ1n) is 10.9. The quantitative estimate of drug-likeness (QED) is 0.290. The van der Waals surface area contributed by atoms with E-state index in [4.69, 9.17) is 0 Å². The largest absolute Gasteiger partial charge is 0.309 e. The van der Waals surface area contributed by atoms with Crippen LogP contribution in [0.3, 0.4) is 0 Å². The molecular formula is C30H23N. The predicted octanol–water partition coefficient (Wildman–Crippen LogP) is 8.05. The second kappa shape index (κ2) is 7.45. The summed E-state index contributed by atoms with van der Waals surface area (Å²) < 4.78 is 2.37. The van der Waals surface area contributed by atoms with Crippen molar-refractivity contribution in [2.24, 2.45) is 0 Å². The van der Waals surface area contributed by atoms with Crippen molar-refractivity contribution >= 4 is 21.8 Å². The van der Waals surface area contributed by atoms with Gasteiger partial charge in [-0.2, -0.15) is 0 Å². The molecule has 0 amide bonds. The number of nitrogens with zero attached hydrogens (tertiary/aromatic N) is 1. The molecule has 1 unspecified atom stereocenters. The van der Waals surface area contributed by atoms with E-state index in [2.05, 4.69) is 126 Å². The highest BCUT2D eigenvalue weighted by Crippen LogP contribution is 2.35. The van der Waals surface area contributed by atoms with Crippen LogP contribution in [0, 0.1) is 0 Å². The summed E-state index contributed by atoms with van der Waals surface area (Å²) in [6.07, 6.45) is 9.92. The summed E-state index contributed by atoms with van der Waals surface area (Å²) in [6, 6.07) is 35.2. The molecule has 0 aliphatic heterocycles. The Morgan fingerprint density at radius 1 is 0.613 bits per heavy atom. The van der Waals surface area contributed by atoms with Gasteiger partial charge in [-0.3, -0.25) is 0 Å². The van der Waals surface area contributed by atoms with E-state index in [1.165, 1.54) is 44.2 Å². The lowest BCUT2D eigenvalue weighted by atomic mass is 9.90. The van der Waals surface area contributed by atoms with E-state index in [-0.39, 0.29) is 0 Å². The summed E-state index contributed by atoms with van der Waals surface area (Å²) >= 11 is 0. The maximum atomic E-state index is 2.37. The summed E-state index contributed by atoms with van der Waals surface area (Å²) in [6.45, 7) is 0. The summed E-state index contributed by atoms with van der Waals surface area (Å²) in [5, 5.41) is 2.59. The summed E-state index contributed by atoms with van der Waals surface area (Å²) in [4.78, 5) is 0. The number of rotatable bonds is 3. The van der Waals surface area contributed by atoms with Crippen LogP contribution in [-0.4, -0.2) is 4.57 Å². The highest BCUT2D eigenvalue weighted by Gasteiger charge is 2.14. The lowest BCUT2D eigenvalue weighted by molar-refractivity contribution is 0.854.